The van der Waals surface area contributed by atoms with E-state index in [4.69, 9.17) is 0 Å². The first-order valence-corrected chi connectivity index (χ1v) is 15.5. The summed E-state index contributed by atoms with van der Waals surface area (Å²) in [6.45, 7) is 6.50. The summed E-state index contributed by atoms with van der Waals surface area (Å²) in [6.07, 6.45) is 7.84. The molecule has 3 aliphatic rings. The van der Waals surface area contributed by atoms with Gasteiger partial charge in [0.15, 0.2) is 0 Å². The van der Waals surface area contributed by atoms with E-state index in [0.29, 0.717) is 11.4 Å². The fraction of sp³-hybridized carbons (Fsp3) is 0.552. The topological polar surface area (TPSA) is 81.8 Å². The maximum Gasteiger partial charge on any atom is 0.243 e. The van der Waals surface area contributed by atoms with E-state index in [0.717, 1.165) is 83.2 Å². The number of aryl methyl sites for hydroxylation is 1. The molecule has 0 bridgehead atoms. The van der Waals surface area contributed by atoms with Gasteiger partial charge in [0.05, 0.1) is 5.69 Å². The highest BCUT2D eigenvalue weighted by atomic mass is 32.2. The number of nitrogens with zero attached hydrogens (tertiary/aromatic N) is 2. The largest absolute Gasteiger partial charge is 0.368 e. The van der Waals surface area contributed by atoms with Gasteiger partial charge < -0.3 is 15.1 Å². The van der Waals surface area contributed by atoms with Crippen LogP contribution in [0.2, 0.25) is 0 Å². The summed E-state index contributed by atoms with van der Waals surface area (Å²) < 4.78 is 31.0. The van der Waals surface area contributed by atoms with Gasteiger partial charge >= 0.3 is 0 Å². The van der Waals surface area contributed by atoms with E-state index < -0.39 is 10.0 Å². The molecule has 1 heterocycles. The first kappa shape index (κ1) is 26.2. The summed E-state index contributed by atoms with van der Waals surface area (Å²) in [5.41, 5.74) is 3.54. The predicted molar refractivity (Wildman–Crippen MR) is 148 cm³/mol. The molecule has 0 spiro atoms. The van der Waals surface area contributed by atoms with Crippen LogP contribution in [-0.2, 0) is 21.2 Å². The number of hydrogen-bond acceptors (Lipinski definition) is 5. The molecule has 2 aromatic rings. The monoisotopic (exact) mass is 524 g/mol. The first-order chi connectivity index (χ1) is 17.9. The second-order valence-corrected chi connectivity index (χ2v) is 12.4. The number of piperazine rings is 1. The maximum atomic E-state index is 14.0. The average Bonchev–Trinajstić information content (AvgIpc) is 2.93. The van der Waals surface area contributed by atoms with E-state index in [1.54, 1.807) is 6.07 Å². The standard InChI is InChI=1S/C29H40N4O3S/c1-2-32-17-19-33(20-18-32)27-16-15-24(30-29(34)23-10-4-3-5-11-23)21-28(27)37(35,36)31-26-14-8-12-22-9-6-7-13-25(22)26/h6-7,9,13,15-16,21,23,26,31H,2-5,8,10-12,14,17-20H2,1H3,(H,30,34). The van der Waals surface area contributed by atoms with E-state index in [-0.39, 0.29) is 22.8 Å². The molecule has 1 unspecified atom stereocenters. The molecule has 2 aromatic carbocycles. The van der Waals surface area contributed by atoms with Crippen LogP contribution in [0.15, 0.2) is 47.4 Å². The third kappa shape index (κ3) is 6.02. The van der Waals surface area contributed by atoms with Crippen LogP contribution in [0.4, 0.5) is 11.4 Å². The zero-order chi connectivity index (χ0) is 25.8. The summed E-state index contributed by atoms with van der Waals surface area (Å²) in [7, 11) is -3.84. The van der Waals surface area contributed by atoms with Crippen molar-refractivity contribution in [3.63, 3.8) is 0 Å². The lowest BCUT2D eigenvalue weighted by Gasteiger charge is -2.36. The summed E-state index contributed by atoms with van der Waals surface area (Å²) in [5, 5.41) is 3.03. The zero-order valence-electron chi connectivity index (χ0n) is 21.9. The van der Waals surface area contributed by atoms with Crippen molar-refractivity contribution in [1.82, 2.24) is 9.62 Å². The lowest BCUT2D eigenvalue weighted by atomic mass is 9.88. The Labute approximate surface area is 221 Å². The quantitative estimate of drug-likeness (QED) is 0.549. The first-order valence-electron chi connectivity index (χ1n) is 14.0. The molecule has 5 rings (SSSR count). The molecule has 2 N–H and O–H groups in total. The van der Waals surface area contributed by atoms with Crippen molar-refractivity contribution >= 4 is 27.3 Å². The van der Waals surface area contributed by atoms with Crippen molar-refractivity contribution in [3.05, 3.63) is 53.6 Å². The zero-order valence-corrected chi connectivity index (χ0v) is 22.7. The smallest absolute Gasteiger partial charge is 0.243 e. The molecule has 0 radical (unpaired) electrons. The number of likely N-dealkylation sites (N-methyl/N-ethyl adjacent to an activating group) is 1. The number of fused-ring (bicyclic) bond motifs is 1. The maximum absolute atomic E-state index is 14.0. The molecule has 1 saturated heterocycles. The molecule has 1 aliphatic heterocycles. The van der Waals surface area contributed by atoms with Gasteiger partial charge in [-0.3, -0.25) is 4.79 Å². The van der Waals surface area contributed by atoms with Gasteiger partial charge in [-0.2, -0.15) is 0 Å². The van der Waals surface area contributed by atoms with Gasteiger partial charge in [-0.05, 0) is 68.0 Å². The van der Waals surface area contributed by atoms with Crippen LogP contribution in [0.1, 0.15) is 69.0 Å². The minimum Gasteiger partial charge on any atom is -0.368 e. The van der Waals surface area contributed by atoms with Crippen LogP contribution in [-0.4, -0.2) is 51.9 Å². The van der Waals surface area contributed by atoms with Gasteiger partial charge in [0.25, 0.3) is 0 Å². The number of sulfonamides is 1. The Bertz CT molecular complexity index is 1200. The Morgan fingerprint density at radius 2 is 1.70 bits per heavy atom. The van der Waals surface area contributed by atoms with E-state index in [1.807, 2.05) is 30.3 Å². The summed E-state index contributed by atoms with van der Waals surface area (Å²) >= 11 is 0. The lowest BCUT2D eigenvalue weighted by Crippen LogP contribution is -2.46. The van der Waals surface area contributed by atoms with Crippen molar-refractivity contribution in [1.29, 1.82) is 0 Å². The molecule has 1 saturated carbocycles. The number of carbonyl (C=O) groups is 1. The van der Waals surface area contributed by atoms with Crippen LogP contribution >= 0.6 is 0 Å². The molecule has 200 valence electrons. The Balaban J connectivity index is 1.44. The number of carbonyl (C=O) groups excluding carboxylic acids is 1. The summed E-state index contributed by atoms with van der Waals surface area (Å²) in [5.74, 6) is 0.00833. The Morgan fingerprint density at radius 1 is 0.946 bits per heavy atom. The van der Waals surface area contributed by atoms with Crippen LogP contribution < -0.4 is 14.9 Å². The molecule has 1 amide bonds. The molecule has 2 fully saturated rings. The number of anilines is 2. The minimum atomic E-state index is -3.84. The molecular formula is C29H40N4O3S. The van der Waals surface area contributed by atoms with Crippen LogP contribution in [0, 0.1) is 5.92 Å². The van der Waals surface area contributed by atoms with E-state index in [2.05, 4.69) is 32.8 Å². The fourth-order valence-electron chi connectivity index (χ4n) is 6.11. The number of benzene rings is 2. The molecule has 0 aromatic heterocycles. The highest BCUT2D eigenvalue weighted by molar-refractivity contribution is 7.89. The number of rotatable bonds is 7. The third-order valence-corrected chi connectivity index (χ3v) is 9.82. The molecule has 8 heteroatoms. The van der Waals surface area contributed by atoms with Gasteiger partial charge in [0.2, 0.25) is 15.9 Å². The molecule has 7 nitrogen and oxygen atoms in total. The number of nitrogens with one attached hydrogen (secondary N) is 2. The van der Waals surface area contributed by atoms with Gasteiger partial charge in [-0.25, -0.2) is 13.1 Å². The van der Waals surface area contributed by atoms with E-state index >= 15 is 0 Å². The van der Waals surface area contributed by atoms with Crippen LogP contribution in [0.5, 0.6) is 0 Å². The Morgan fingerprint density at radius 3 is 2.46 bits per heavy atom. The van der Waals surface area contributed by atoms with Crippen LogP contribution in [0.25, 0.3) is 0 Å². The lowest BCUT2D eigenvalue weighted by molar-refractivity contribution is -0.120. The predicted octanol–water partition coefficient (Wildman–Crippen LogP) is 4.70. The minimum absolute atomic E-state index is 0.00141. The van der Waals surface area contributed by atoms with Gasteiger partial charge in [-0.1, -0.05) is 50.5 Å². The molecule has 37 heavy (non-hydrogen) atoms. The van der Waals surface area contributed by atoms with Crippen LogP contribution in [0.3, 0.4) is 0 Å². The molecule has 2 aliphatic carbocycles. The summed E-state index contributed by atoms with van der Waals surface area (Å²) in [6, 6.07) is 13.3. The van der Waals surface area contributed by atoms with Gasteiger partial charge in [0, 0.05) is 43.8 Å². The highest BCUT2D eigenvalue weighted by Gasteiger charge is 2.30. The molecular weight excluding hydrogens is 484 g/mol. The van der Waals surface area contributed by atoms with Crippen molar-refractivity contribution in [2.24, 2.45) is 5.92 Å². The Hall–Kier alpha value is -2.42. The normalized spacial score (nSPS) is 21.4. The van der Waals surface area contributed by atoms with Crippen molar-refractivity contribution < 1.29 is 13.2 Å². The highest BCUT2D eigenvalue weighted by Crippen LogP contribution is 2.35. The molecule has 1 atom stereocenters. The number of amides is 1. The second kappa shape index (κ2) is 11.5. The SMILES string of the molecule is CCN1CCN(c2ccc(NC(=O)C3CCCCC3)cc2S(=O)(=O)NC2CCCc3ccccc32)CC1. The Kier molecular flexibility index (Phi) is 8.17. The third-order valence-electron chi connectivity index (χ3n) is 8.32. The summed E-state index contributed by atoms with van der Waals surface area (Å²) in [4.78, 5) is 17.7. The fourth-order valence-corrected chi connectivity index (χ4v) is 7.61. The van der Waals surface area contributed by atoms with Gasteiger partial charge in [-0.15, -0.1) is 0 Å². The van der Waals surface area contributed by atoms with E-state index in [9.17, 15) is 13.2 Å². The average molecular weight is 525 g/mol. The van der Waals surface area contributed by atoms with Gasteiger partial charge in [0.1, 0.15) is 4.90 Å². The van der Waals surface area contributed by atoms with Crippen molar-refractivity contribution in [2.45, 2.75) is 69.2 Å². The second-order valence-electron chi connectivity index (χ2n) is 10.7. The van der Waals surface area contributed by atoms with Crippen molar-refractivity contribution in [2.75, 3.05) is 42.9 Å². The van der Waals surface area contributed by atoms with Crippen molar-refractivity contribution in [3.8, 4) is 0 Å². The number of hydrogen-bond donors (Lipinski definition) is 2. The van der Waals surface area contributed by atoms with E-state index in [1.165, 1.54) is 12.0 Å².